The fraction of sp³-hybridized carbons (Fsp3) is 0.409. The van der Waals surface area contributed by atoms with E-state index >= 15 is 0 Å². The molecule has 0 spiro atoms. The first-order chi connectivity index (χ1) is 14.2. The second-order valence-electron chi connectivity index (χ2n) is 7.05. The number of methoxy groups -OCH3 is 3. The first kappa shape index (κ1) is 19.4. The molecule has 0 aliphatic carbocycles. The molecule has 2 heterocycles. The summed E-state index contributed by atoms with van der Waals surface area (Å²) in [7, 11) is 4.86. The molecule has 0 aromatic heterocycles. The number of rotatable bonds is 6. The van der Waals surface area contributed by atoms with Crippen LogP contribution in [0.1, 0.15) is 23.6 Å². The molecule has 0 amide bonds. The van der Waals surface area contributed by atoms with Gasteiger partial charge in [0.1, 0.15) is 0 Å². The van der Waals surface area contributed by atoms with E-state index in [1.165, 1.54) is 5.69 Å². The number of anilines is 1. The van der Waals surface area contributed by atoms with Gasteiger partial charge in [-0.3, -0.25) is 0 Å². The Labute approximate surface area is 171 Å². The van der Waals surface area contributed by atoms with Crippen LogP contribution < -0.4 is 24.5 Å². The summed E-state index contributed by atoms with van der Waals surface area (Å²) in [6, 6.07) is 12.6. The summed E-state index contributed by atoms with van der Waals surface area (Å²) >= 11 is 0. The van der Waals surface area contributed by atoms with Gasteiger partial charge in [-0.1, -0.05) is 12.1 Å². The van der Waals surface area contributed by atoms with Crippen molar-refractivity contribution in [2.24, 2.45) is 5.10 Å². The molecule has 0 bridgehead atoms. The molecule has 2 aromatic carbocycles. The van der Waals surface area contributed by atoms with Crippen molar-refractivity contribution >= 4 is 11.4 Å². The third kappa shape index (κ3) is 3.96. The van der Waals surface area contributed by atoms with Gasteiger partial charge in [0.2, 0.25) is 5.75 Å². The van der Waals surface area contributed by atoms with E-state index in [2.05, 4.69) is 39.7 Å². The van der Waals surface area contributed by atoms with Crippen LogP contribution in [-0.4, -0.2) is 53.3 Å². The van der Waals surface area contributed by atoms with E-state index in [1.807, 2.05) is 12.1 Å². The number of hydrazone groups is 1. The summed E-state index contributed by atoms with van der Waals surface area (Å²) in [5.74, 6) is 1.88. The maximum absolute atomic E-state index is 5.48. The predicted molar refractivity (Wildman–Crippen MR) is 113 cm³/mol. The lowest BCUT2D eigenvalue weighted by molar-refractivity contribution is 0.122. The molecule has 1 N–H and O–H groups in total. The number of hydrogen-bond donors (Lipinski definition) is 1. The first-order valence-corrected chi connectivity index (χ1v) is 9.78. The third-order valence-electron chi connectivity index (χ3n) is 5.42. The Morgan fingerprint density at radius 1 is 0.966 bits per heavy atom. The van der Waals surface area contributed by atoms with Crippen LogP contribution in [0.2, 0.25) is 0 Å². The Kier molecular flexibility index (Phi) is 5.76. The van der Waals surface area contributed by atoms with Gasteiger partial charge in [0, 0.05) is 25.2 Å². The van der Waals surface area contributed by atoms with Crippen LogP contribution in [0.4, 0.5) is 5.69 Å². The van der Waals surface area contributed by atoms with E-state index < -0.39 is 0 Å². The van der Waals surface area contributed by atoms with Gasteiger partial charge < -0.3 is 29.3 Å². The lowest BCUT2D eigenvalue weighted by Crippen LogP contribution is -2.36. The van der Waals surface area contributed by atoms with Crippen molar-refractivity contribution in [3.05, 3.63) is 47.5 Å². The lowest BCUT2D eigenvalue weighted by atomic mass is 9.98. The van der Waals surface area contributed by atoms with Gasteiger partial charge in [-0.05, 0) is 35.4 Å². The SMILES string of the molecule is COc1cc(C2CC(c3ccc(N4CCOCC4)cc3)=NN2)cc(OC)c1OC. The number of ether oxygens (including phenoxy) is 4. The molecule has 2 aromatic rings. The van der Waals surface area contributed by atoms with Crippen LogP contribution in [0.25, 0.3) is 0 Å². The van der Waals surface area contributed by atoms with Crippen molar-refractivity contribution < 1.29 is 18.9 Å². The number of nitrogens with one attached hydrogen (secondary N) is 1. The zero-order chi connectivity index (χ0) is 20.2. The van der Waals surface area contributed by atoms with Crippen LogP contribution in [0.5, 0.6) is 17.2 Å². The van der Waals surface area contributed by atoms with Gasteiger partial charge in [0.05, 0.1) is 46.3 Å². The monoisotopic (exact) mass is 397 g/mol. The Bertz CT molecular complexity index is 851. The van der Waals surface area contributed by atoms with E-state index in [9.17, 15) is 0 Å². The molecule has 4 rings (SSSR count). The van der Waals surface area contributed by atoms with E-state index in [-0.39, 0.29) is 6.04 Å². The number of nitrogens with zero attached hydrogens (tertiary/aromatic N) is 2. The smallest absolute Gasteiger partial charge is 0.203 e. The highest BCUT2D eigenvalue weighted by Crippen LogP contribution is 2.41. The van der Waals surface area contributed by atoms with E-state index in [0.717, 1.165) is 49.6 Å². The van der Waals surface area contributed by atoms with E-state index in [0.29, 0.717) is 17.2 Å². The summed E-state index contributed by atoms with van der Waals surface area (Å²) in [5.41, 5.74) is 7.69. The summed E-state index contributed by atoms with van der Waals surface area (Å²) in [6.07, 6.45) is 0.787. The molecule has 29 heavy (non-hydrogen) atoms. The first-order valence-electron chi connectivity index (χ1n) is 9.78. The molecule has 2 aliphatic heterocycles. The Balaban J connectivity index is 1.49. The minimum absolute atomic E-state index is 0.0534. The molecule has 1 unspecified atom stereocenters. The molecule has 154 valence electrons. The summed E-state index contributed by atoms with van der Waals surface area (Å²) < 4.78 is 21.8. The van der Waals surface area contributed by atoms with Crippen molar-refractivity contribution in [2.45, 2.75) is 12.5 Å². The molecule has 0 radical (unpaired) electrons. The van der Waals surface area contributed by atoms with Crippen LogP contribution in [0.15, 0.2) is 41.5 Å². The van der Waals surface area contributed by atoms with Crippen molar-refractivity contribution in [3.63, 3.8) is 0 Å². The average Bonchev–Trinajstić information content (AvgIpc) is 3.29. The quantitative estimate of drug-likeness (QED) is 0.809. The van der Waals surface area contributed by atoms with Crippen molar-refractivity contribution in [2.75, 3.05) is 52.5 Å². The highest BCUT2D eigenvalue weighted by Gasteiger charge is 2.24. The summed E-state index contributed by atoms with van der Waals surface area (Å²) in [4.78, 5) is 2.35. The van der Waals surface area contributed by atoms with Gasteiger partial charge in [-0.25, -0.2) is 0 Å². The minimum atomic E-state index is 0.0534. The fourth-order valence-corrected chi connectivity index (χ4v) is 3.80. The van der Waals surface area contributed by atoms with Crippen LogP contribution >= 0.6 is 0 Å². The van der Waals surface area contributed by atoms with Gasteiger partial charge >= 0.3 is 0 Å². The van der Waals surface area contributed by atoms with Crippen LogP contribution in [0, 0.1) is 0 Å². The van der Waals surface area contributed by atoms with Crippen LogP contribution in [-0.2, 0) is 4.74 Å². The third-order valence-corrected chi connectivity index (χ3v) is 5.42. The molecule has 7 heteroatoms. The molecule has 1 fully saturated rings. The van der Waals surface area contributed by atoms with Crippen molar-refractivity contribution in [3.8, 4) is 17.2 Å². The van der Waals surface area contributed by atoms with Crippen molar-refractivity contribution in [1.82, 2.24) is 5.43 Å². The molecule has 2 aliphatic rings. The van der Waals surface area contributed by atoms with Gasteiger partial charge in [0.15, 0.2) is 11.5 Å². The molecular formula is C22H27N3O4. The normalized spacial score (nSPS) is 18.8. The summed E-state index contributed by atoms with van der Waals surface area (Å²) in [5, 5.41) is 4.58. The largest absolute Gasteiger partial charge is 0.493 e. The zero-order valence-electron chi connectivity index (χ0n) is 17.1. The van der Waals surface area contributed by atoms with Crippen molar-refractivity contribution in [1.29, 1.82) is 0 Å². The van der Waals surface area contributed by atoms with Gasteiger partial charge in [0.25, 0.3) is 0 Å². The Morgan fingerprint density at radius 3 is 2.21 bits per heavy atom. The standard InChI is InChI=1S/C22H27N3O4/c1-26-20-12-16(13-21(27-2)22(20)28-3)19-14-18(23-24-19)15-4-6-17(7-5-15)25-8-10-29-11-9-25/h4-7,12-13,19,24H,8-11,14H2,1-3H3. The molecule has 7 nitrogen and oxygen atoms in total. The highest BCUT2D eigenvalue weighted by atomic mass is 16.5. The Morgan fingerprint density at radius 2 is 1.62 bits per heavy atom. The number of benzene rings is 2. The molecule has 0 saturated carbocycles. The topological polar surface area (TPSA) is 64.6 Å². The Hall–Kier alpha value is -2.93. The zero-order valence-corrected chi connectivity index (χ0v) is 17.1. The minimum Gasteiger partial charge on any atom is -0.493 e. The number of morpholine rings is 1. The van der Waals surface area contributed by atoms with E-state index in [4.69, 9.17) is 18.9 Å². The number of hydrogen-bond acceptors (Lipinski definition) is 7. The second kappa shape index (κ2) is 8.61. The highest BCUT2D eigenvalue weighted by molar-refractivity contribution is 6.02. The summed E-state index contributed by atoms with van der Waals surface area (Å²) in [6.45, 7) is 3.44. The van der Waals surface area contributed by atoms with E-state index in [1.54, 1.807) is 21.3 Å². The van der Waals surface area contributed by atoms with Crippen LogP contribution in [0.3, 0.4) is 0 Å². The molecule has 1 atom stereocenters. The molecule has 1 saturated heterocycles. The molecular weight excluding hydrogens is 370 g/mol. The maximum atomic E-state index is 5.48. The maximum Gasteiger partial charge on any atom is 0.203 e. The lowest BCUT2D eigenvalue weighted by Gasteiger charge is -2.28. The van der Waals surface area contributed by atoms with Gasteiger partial charge in [-0.15, -0.1) is 0 Å². The second-order valence-corrected chi connectivity index (χ2v) is 7.05. The van der Waals surface area contributed by atoms with Gasteiger partial charge in [-0.2, -0.15) is 5.10 Å². The predicted octanol–water partition coefficient (Wildman–Crippen LogP) is 2.99. The fourth-order valence-electron chi connectivity index (χ4n) is 3.80. The average molecular weight is 397 g/mol.